The van der Waals surface area contributed by atoms with Gasteiger partial charge in [0, 0.05) is 17.1 Å². The lowest BCUT2D eigenvalue weighted by Gasteiger charge is -2.05. The van der Waals surface area contributed by atoms with Crippen molar-refractivity contribution in [1.82, 2.24) is 4.98 Å². The third-order valence-corrected chi connectivity index (χ3v) is 2.79. The maximum absolute atomic E-state index is 12.9. The Kier molecular flexibility index (Phi) is 2.33. The second-order valence-corrected chi connectivity index (χ2v) is 3.89. The molecule has 0 saturated carbocycles. The molecule has 0 atom stereocenters. The third kappa shape index (κ3) is 1.78. The van der Waals surface area contributed by atoms with Gasteiger partial charge in [0.1, 0.15) is 5.82 Å². The van der Waals surface area contributed by atoms with Crippen molar-refractivity contribution >= 4 is 10.8 Å². The van der Waals surface area contributed by atoms with Crippen LogP contribution in [0.1, 0.15) is 0 Å². The van der Waals surface area contributed by atoms with E-state index in [2.05, 4.69) is 4.98 Å². The number of nitrogens with zero attached hydrogens (tertiary/aromatic N) is 1. The van der Waals surface area contributed by atoms with Crippen LogP contribution in [0.15, 0.2) is 60.8 Å². The summed E-state index contributed by atoms with van der Waals surface area (Å²) in [5, 5.41) is 2.23. The van der Waals surface area contributed by atoms with Gasteiger partial charge >= 0.3 is 0 Å². The molecule has 0 saturated heterocycles. The lowest BCUT2D eigenvalue weighted by molar-refractivity contribution is 0.628. The van der Waals surface area contributed by atoms with Gasteiger partial charge < -0.3 is 0 Å². The maximum atomic E-state index is 12.9. The molecule has 2 heteroatoms. The van der Waals surface area contributed by atoms with Gasteiger partial charge in [0.25, 0.3) is 0 Å². The molecule has 0 aliphatic carbocycles. The highest BCUT2D eigenvalue weighted by Gasteiger charge is 2.04. The first-order valence-corrected chi connectivity index (χ1v) is 5.44. The molecule has 0 unspecified atom stereocenters. The maximum Gasteiger partial charge on any atom is 0.123 e. The molecule has 3 rings (SSSR count). The summed E-state index contributed by atoms with van der Waals surface area (Å²) in [5.74, 6) is -0.228. The second-order valence-electron chi connectivity index (χ2n) is 3.89. The number of hydrogen-bond acceptors (Lipinski definition) is 1. The zero-order valence-corrected chi connectivity index (χ0v) is 9.10. The van der Waals surface area contributed by atoms with E-state index in [9.17, 15) is 4.39 Å². The van der Waals surface area contributed by atoms with E-state index >= 15 is 0 Å². The first kappa shape index (κ1) is 9.97. The predicted octanol–water partition coefficient (Wildman–Crippen LogP) is 4.04. The van der Waals surface area contributed by atoms with Crippen molar-refractivity contribution in [3.8, 4) is 11.3 Å². The average Bonchev–Trinajstić information content (AvgIpc) is 2.39. The molecule has 82 valence electrons. The molecule has 0 fully saturated rings. The van der Waals surface area contributed by atoms with Crippen LogP contribution in [-0.4, -0.2) is 4.98 Å². The van der Waals surface area contributed by atoms with Gasteiger partial charge in [-0.25, -0.2) is 4.39 Å². The van der Waals surface area contributed by atoms with Gasteiger partial charge in [-0.2, -0.15) is 0 Å². The Morgan fingerprint density at radius 2 is 1.59 bits per heavy atom. The lowest BCUT2D eigenvalue weighted by Crippen LogP contribution is -1.85. The van der Waals surface area contributed by atoms with E-state index in [0.29, 0.717) is 0 Å². The monoisotopic (exact) mass is 223 g/mol. The summed E-state index contributed by atoms with van der Waals surface area (Å²) in [7, 11) is 0. The predicted molar refractivity (Wildman–Crippen MR) is 67.1 cm³/mol. The molecule has 2 aromatic carbocycles. The van der Waals surface area contributed by atoms with Crippen LogP contribution < -0.4 is 0 Å². The van der Waals surface area contributed by atoms with Gasteiger partial charge in [0.15, 0.2) is 0 Å². The molecule has 0 amide bonds. The van der Waals surface area contributed by atoms with E-state index < -0.39 is 0 Å². The Morgan fingerprint density at radius 3 is 2.41 bits per heavy atom. The van der Waals surface area contributed by atoms with Crippen LogP contribution in [0.4, 0.5) is 4.39 Å². The van der Waals surface area contributed by atoms with E-state index in [-0.39, 0.29) is 5.82 Å². The highest BCUT2D eigenvalue weighted by Crippen LogP contribution is 2.26. The fraction of sp³-hybridized carbons (Fsp3) is 0. The normalized spacial score (nSPS) is 10.6. The van der Waals surface area contributed by atoms with Crippen molar-refractivity contribution in [3.05, 3.63) is 66.6 Å². The quantitative estimate of drug-likeness (QED) is 0.606. The van der Waals surface area contributed by atoms with Crippen LogP contribution in [0.2, 0.25) is 0 Å². The zero-order valence-electron chi connectivity index (χ0n) is 9.10. The molecule has 0 N–H and O–H groups in total. The highest BCUT2D eigenvalue weighted by atomic mass is 19.1. The molecular formula is C15H10FN. The summed E-state index contributed by atoms with van der Waals surface area (Å²) < 4.78 is 12.9. The van der Waals surface area contributed by atoms with Crippen LogP contribution in [-0.2, 0) is 0 Å². The number of aromatic nitrogens is 1. The minimum Gasteiger partial charge on any atom is -0.256 e. The minimum absolute atomic E-state index is 0.228. The SMILES string of the molecule is Fc1ccc(-c2nccc3ccccc23)cc1. The van der Waals surface area contributed by atoms with Crippen LogP contribution in [0.25, 0.3) is 22.0 Å². The molecule has 1 aromatic heterocycles. The van der Waals surface area contributed by atoms with Gasteiger partial charge in [-0.15, -0.1) is 0 Å². The van der Waals surface area contributed by atoms with Crippen molar-refractivity contribution in [2.45, 2.75) is 0 Å². The standard InChI is InChI=1S/C15H10FN/c16-13-7-5-12(6-8-13)15-14-4-2-1-3-11(14)9-10-17-15/h1-10H. The van der Waals surface area contributed by atoms with Gasteiger partial charge in [0.05, 0.1) is 5.69 Å². The molecule has 0 radical (unpaired) electrons. The molecular weight excluding hydrogens is 213 g/mol. The Balaban J connectivity index is 2.27. The molecule has 0 aliphatic rings. The van der Waals surface area contributed by atoms with E-state index in [1.54, 1.807) is 18.3 Å². The summed E-state index contributed by atoms with van der Waals surface area (Å²) >= 11 is 0. The largest absolute Gasteiger partial charge is 0.256 e. The zero-order chi connectivity index (χ0) is 11.7. The number of halogens is 1. The van der Waals surface area contributed by atoms with Crippen molar-refractivity contribution in [1.29, 1.82) is 0 Å². The summed E-state index contributed by atoms with van der Waals surface area (Å²) in [6.07, 6.45) is 1.78. The van der Waals surface area contributed by atoms with Crippen molar-refractivity contribution in [2.75, 3.05) is 0 Å². The van der Waals surface area contributed by atoms with Crippen molar-refractivity contribution in [3.63, 3.8) is 0 Å². The average molecular weight is 223 g/mol. The molecule has 0 spiro atoms. The number of hydrogen-bond donors (Lipinski definition) is 0. The first-order chi connectivity index (χ1) is 8.34. The minimum atomic E-state index is -0.228. The molecule has 0 bridgehead atoms. The summed E-state index contributed by atoms with van der Waals surface area (Å²) in [6, 6.07) is 16.5. The first-order valence-electron chi connectivity index (χ1n) is 5.44. The second kappa shape index (κ2) is 3.98. The Labute approximate surface area is 98.6 Å². The lowest BCUT2D eigenvalue weighted by atomic mass is 10.0. The highest BCUT2D eigenvalue weighted by molar-refractivity contribution is 5.94. The Morgan fingerprint density at radius 1 is 0.824 bits per heavy atom. The molecule has 3 aromatic rings. The van der Waals surface area contributed by atoms with E-state index in [0.717, 1.165) is 22.0 Å². The van der Waals surface area contributed by atoms with Gasteiger partial charge in [-0.1, -0.05) is 24.3 Å². The number of rotatable bonds is 1. The molecule has 1 nitrogen and oxygen atoms in total. The van der Waals surface area contributed by atoms with E-state index in [1.807, 2.05) is 30.3 Å². The molecule has 0 aliphatic heterocycles. The van der Waals surface area contributed by atoms with Gasteiger partial charge in [-0.3, -0.25) is 4.98 Å². The van der Waals surface area contributed by atoms with Gasteiger partial charge in [0.2, 0.25) is 0 Å². The number of pyridine rings is 1. The van der Waals surface area contributed by atoms with Crippen molar-refractivity contribution < 1.29 is 4.39 Å². The van der Waals surface area contributed by atoms with Crippen LogP contribution in [0.5, 0.6) is 0 Å². The van der Waals surface area contributed by atoms with Gasteiger partial charge in [-0.05, 0) is 35.7 Å². The number of benzene rings is 2. The topological polar surface area (TPSA) is 12.9 Å². The fourth-order valence-electron chi connectivity index (χ4n) is 1.96. The van der Waals surface area contributed by atoms with E-state index in [1.165, 1.54) is 12.1 Å². The van der Waals surface area contributed by atoms with Crippen LogP contribution >= 0.6 is 0 Å². The summed E-state index contributed by atoms with van der Waals surface area (Å²) in [6.45, 7) is 0. The number of fused-ring (bicyclic) bond motifs is 1. The third-order valence-electron chi connectivity index (χ3n) is 2.79. The Hall–Kier alpha value is -2.22. The summed E-state index contributed by atoms with van der Waals surface area (Å²) in [5.41, 5.74) is 1.83. The smallest absolute Gasteiger partial charge is 0.123 e. The van der Waals surface area contributed by atoms with Crippen LogP contribution in [0, 0.1) is 5.82 Å². The molecule has 1 heterocycles. The van der Waals surface area contributed by atoms with Crippen molar-refractivity contribution in [2.24, 2.45) is 0 Å². The van der Waals surface area contributed by atoms with E-state index in [4.69, 9.17) is 0 Å². The summed E-state index contributed by atoms with van der Waals surface area (Å²) in [4.78, 5) is 4.38. The fourth-order valence-corrected chi connectivity index (χ4v) is 1.96. The Bertz CT molecular complexity index is 654. The molecule has 17 heavy (non-hydrogen) atoms. The van der Waals surface area contributed by atoms with Crippen LogP contribution in [0.3, 0.4) is 0 Å².